The second-order valence-electron chi connectivity index (χ2n) is 2.46. The van der Waals surface area contributed by atoms with Gasteiger partial charge in [-0.15, -0.1) is 0 Å². The first kappa shape index (κ1) is 8.71. The van der Waals surface area contributed by atoms with E-state index in [4.69, 9.17) is 0 Å². The average Bonchev–Trinajstić information content (AvgIpc) is 2.03. The molecule has 0 N–H and O–H groups in total. The SMILES string of the molecule is [O]C(=O)CCc1ccccc1F. The van der Waals surface area contributed by atoms with Crippen molar-refractivity contribution in [2.45, 2.75) is 12.8 Å². The normalized spacial score (nSPS) is 9.75. The van der Waals surface area contributed by atoms with Crippen LogP contribution in [-0.2, 0) is 16.3 Å². The number of benzene rings is 1. The number of carbonyl (C=O) groups excluding carboxylic acids is 1. The Morgan fingerprint density at radius 2 is 2.00 bits per heavy atom. The van der Waals surface area contributed by atoms with Crippen LogP contribution in [0.25, 0.3) is 0 Å². The predicted molar refractivity (Wildman–Crippen MR) is 40.4 cm³/mol. The number of hydrogen-bond acceptors (Lipinski definition) is 1. The van der Waals surface area contributed by atoms with Gasteiger partial charge in [-0.3, -0.25) is 0 Å². The first-order valence-electron chi connectivity index (χ1n) is 3.63. The van der Waals surface area contributed by atoms with Crippen molar-refractivity contribution in [2.75, 3.05) is 0 Å². The lowest BCUT2D eigenvalue weighted by Crippen LogP contribution is -1.97. The second kappa shape index (κ2) is 3.85. The largest absolute Gasteiger partial charge is 0.355 e. The Morgan fingerprint density at radius 1 is 1.33 bits per heavy atom. The van der Waals surface area contributed by atoms with Crippen LogP contribution in [0.15, 0.2) is 24.3 Å². The van der Waals surface area contributed by atoms with Crippen LogP contribution in [0.2, 0.25) is 0 Å². The van der Waals surface area contributed by atoms with Gasteiger partial charge in [-0.25, -0.2) is 14.3 Å². The molecule has 0 aliphatic rings. The molecular formula is C9H8FO2. The first-order chi connectivity index (χ1) is 5.70. The molecule has 0 spiro atoms. The summed E-state index contributed by atoms with van der Waals surface area (Å²) < 4.78 is 12.8. The van der Waals surface area contributed by atoms with Crippen molar-refractivity contribution >= 4 is 5.97 Å². The molecular weight excluding hydrogens is 159 g/mol. The summed E-state index contributed by atoms with van der Waals surface area (Å²) in [5.74, 6) is -1.52. The van der Waals surface area contributed by atoms with E-state index >= 15 is 0 Å². The van der Waals surface area contributed by atoms with E-state index in [1.807, 2.05) is 0 Å². The summed E-state index contributed by atoms with van der Waals surface area (Å²) in [4.78, 5) is 10.1. The van der Waals surface area contributed by atoms with Crippen LogP contribution in [0.5, 0.6) is 0 Å². The van der Waals surface area contributed by atoms with E-state index in [-0.39, 0.29) is 18.7 Å². The molecule has 0 amide bonds. The number of rotatable bonds is 3. The van der Waals surface area contributed by atoms with Crippen molar-refractivity contribution in [1.82, 2.24) is 0 Å². The van der Waals surface area contributed by atoms with Crippen molar-refractivity contribution in [3.63, 3.8) is 0 Å². The third-order valence-corrected chi connectivity index (χ3v) is 1.56. The fraction of sp³-hybridized carbons (Fsp3) is 0.222. The highest BCUT2D eigenvalue weighted by atomic mass is 19.1. The highest BCUT2D eigenvalue weighted by molar-refractivity contribution is 5.66. The van der Waals surface area contributed by atoms with E-state index in [0.29, 0.717) is 5.56 Å². The molecule has 0 saturated carbocycles. The van der Waals surface area contributed by atoms with Gasteiger partial charge in [-0.05, 0) is 18.1 Å². The third-order valence-electron chi connectivity index (χ3n) is 1.56. The Labute approximate surface area is 69.6 Å². The van der Waals surface area contributed by atoms with Gasteiger partial charge in [0.15, 0.2) is 0 Å². The number of carbonyl (C=O) groups is 1. The maximum atomic E-state index is 12.8. The Balaban J connectivity index is 2.63. The molecule has 0 aliphatic carbocycles. The van der Waals surface area contributed by atoms with E-state index in [1.54, 1.807) is 18.2 Å². The van der Waals surface area contributed by atoms with Crippen molar-refractivity contribution < 1.29 is 14.3 Å². The zero-order valence-electron chi connectivity index (χ0n) is 6.42. The summed E-state index contributed by atoms with van der Waals surface area (Å²) in [5.41, 5.74) is 0.418. The maximum absolute atomic E-state index is 12.8. The average molecular weight is 167 g/mol. The van der Waals surface area contributed by atoms with E-state index in [0.717, 1.165) is 0 Å². The van der Waals surface area contributed by atoms with Gasteiger partial charge in [-0.1, -0.05) is 18.2 Å². The zero-order valence-corrected chi connectivity index (χ0v) is 6.42. The van der Waals surface area contributed by atoms with Crippen molar-refractivity contribution in [3.8, 4) is 0 Å². The lowest BCUT2D eigenvalue weighted by atomic mass is 10.1. The molecule has 0 saturated heterocycles. The van der Waals surface area contributed by atoms with E-state index in [1.165, 1.54) is 6.07 Å². The Bertz CT molecular complexity index is 284. The fourth-order valence-electron chi connectivity index (χ4n) is 0.938. The van der Waals surface area contributed by atoms with Crippen LogP contribution >= 0.6 is 0 Å². The van der Waals surface area contributed by atoms with Gasteiger partial charge < -0.3 is 0 Å². The molecule has 3 heteroatoms. The number of halogens is 1. The molecule has 0 fully saturated rings. The molecule has 2 nitrogen and oxygen atoms in total. The molecule has 1 rings (SSSR count). The summed E-state index contributed by atoms with van der Waals surface area (Å²) in [6.07, 6.45) is 0.0515. The van der Waals surface area contributed by atoms with Crippen LogP contribution in [0.1, 0.15) is 12.0 Å². The van der Waals surface area contributed by atoms with Gasteiger partial charge in [0.05, 0.1) is 6.42 Å². The Morgan fingerprint density at radius 3 is 2.58 bits per heavy atom. The van der Waals surface area contributed by atoms with E-state index in [9.17, 15) is 14.3 Å². The molecule has 0 heterocycles. The van der Waals surface area contributed by atoms with Gasteiger partial charge in [0.1, 0.15) is 5.82 Å². The topological polar surface area (TPSA) is 37.0 Å². The third kappa shape index (κ3) is 2.34. The van der Waals surface area contributed by atoms with Gasteiger partial charge in [-0.2, -0.15) is 0 Å². The smallest absolute Gasteiger partial charge is 0.247 e. The Kier molecular flexibility index (Phi) is 2.80. The van der Waals surface area contributed by atoms with Crippen LogP contribution in [0, 0.1) is 5.82 Å². The van der Waals surface area contributed by atoms with Gasteiger partial charge in [0, 0.05) is 0 Å². The number of hydrogen-bond donors (Lipinski definition) is 0. The van der Waals surface area contributed by atoms with Crippen LogP contribution in [0.3, 0.4) is 0 Å². The monoisotopic (exact) mass is 167 g/mol. The fourth-order valence-corrected chi connectivity index (χ4v) is 0.938. The second-order valence-corrected chi connectivity index (χ2v) is 2.46. The summed E-state index contributed by atoms with van der Waals surface area (Å²) >= 11 is 0. The van der Waals surface area contributed by atoms with Gasteiger partial charge in [0.2, 0.25) is 0 Å². The van der Waals surface area contributed by atoms with Crippen molar-refractivity contribution in [3.05, 3.63) is 35.6 Å². The molecule has 1 aromatic rings. The highest BCUT2D eigenvalue weighted by Gasteiger charge is 2.04. The minimum absolute atomic E-state index is 0.138. The van der Waals surface area contributed by atoms with Crippen LogP contribution < -0.4 is 0 Å². The molecule has 12 heavy (non-hydrogen) atoms. The first-order valence-corrected chi connectivity index (χ1v) is 3.63. The zero-order chi connectivity index (χ0) is 8.97. The quantitative estimate of drug-likeness (QED) is 0.675. The maximum Gasteiger partial charge on any atom is 0.355 e. The van der Waals surface area contributed by atoms with Gasteiger partial charge in [0.25, 0.3) is 0 Å². The molecule has 0 atom stereocenters. The predicted octanol–water partition coefficient (Wildman–Crippen LogP) is 1.72. The number of aryl methyl sites for hydroxylation is 1. The molecule has 63 valence electrons. The van der Waals surface area contributed by atoms with E-state index in [2.05, 4.69) is 0 Å². The summed E-state index contributed by atoms with van der Waals surface area (Å²) in [6, 6.07) is 6.12. The molecule has 0 aromatic heterocycles. The molecule has 1 aromatic carbocycles. The summed E-state index contributed by atoms with van der Waals surface area (Å²) in [5, 5.41) is 10.1. The van der Waals surface area contributed by atoms with Crippen LogP contribution in [0.4, 0.5) is 4.39 Å². The Hall–Kier alpha value is -1.38. The van der Waals surface area contributed by atoms with Crippen molar-refractivity contribution in [1.29, 1.82) is 0 Å². The molecule has 0 unspecified atom stereocenters. The molecule has 0 bridgehead atoms. The summed E-state index contributed by atoms with van der Waals surface area (Å²) in [7, 11) is 0. The van der Waals surface area contributed by atoms with E-state index < -0.39 is 5.97 Å². The minimum Gasteiger partial charge on any atom is -0.247 e. The lowest BCUT2D eigenvalue weighted by Gasteiger charge is -1.98. The van der Waals surface area contributed by atoms with Gasteiger partial charge >= 0.3 is 5.97 Å². The highest BCUT2D eigenvalue weighted by Crippen LogP contribution is 2.08. The molecule has 0 aliphatic heterocycles. The lowest BCUT2D eigenvalue weighted by molar-refractivity contribution is -0.143. The summed E-state index contributed by atoms with van der Waals surface area (Å²) in [6.45, 7) is 0. The minimum atomic E-state index is -1.15. The van der Waals surface area contributed by atoms with Crippen molar-refractivity contribution in [2.24, 2.45) is 0 Å². The molecule has 1 radical (unpaired) electrons. The standard InChI is InChI=1S/C9H8FO2/c10-8-4-2-1-3-7(8)5-6-9(11)12/h1-4H,5-6H2. The van der Waals surface area contributed by atoms with Crippen LogP contribution in [-0.4, -0.2) is 5.97 Å².